The molecule has 0 aromatic heterocycles. The van der Waals surface area contributed by atoms with Gasteiger partial charge in [-0.3, -0.25) is 0 Å². The molecule has 0 saturated carbocycles. The monoisotopic (exact) mass is 206 g/mol. The van der Waals surface area contributed by atoms with Crippen LogP contribution in [0.15, 0.2) is 18.2 Å². The summed E-state index contributed by atoms with van der Waals surface area (Å²) >= 11 is 0. The molecular weight excluding hydrogens is 196 g/mol. The summed E-state index contributed by atoms with van der Waals surface area (Å²) in [6.07, 6.45) is 0. The van der Waals surface area contributed by atoms with Crippen molar-refractivity contribution in [3.05, 3.63) is 34.9 Å². The van der Waals surface area contributed by atoms with E-state index in [-0.39, 0.29) is 11.1 Å². The van der Waals surface area contributed by atoms with E-state index in [1.54, 1.807) is 26.0 Å². The fourth-order valence-corrected chi connectivity index (χ4v) is 1.64. The zero-order chi connectivity index (χ0) is 11.2. The minimum atomic E-state index is -1.17. The molecule has 0 radical (unpaired) electrons. The molecule has 1 aliphatic heterocycles. The SMILES string of the molecule is CC(C)(O)c1cccc2c1C(=O)OC2=O. The van der Waals surface area contributed by atoms with Crippen molar-refractivity contribution in [2.45, 2.75) is 19.4 Å². The number of rotatable bonds is 1. The lowest BCUT2D eigenvalue weighted by atomic mass is 9.91. The summed E-state index contributed by atoms with van der Waals surface area (Å²) in [5.41, 5.74) is -0.361. The second-order valence-electron chi connectivity index (χ2n) is 3.96. The molecule has 1 aromatic carbocycles. The van der Waals surface area contributed by atoms with Crippen LogP contribution in [0.25, 0.3) is 0 Å². The van der Waals surface area contributed by atoms with Crippen molar-refractivity contribution in [1.29, 1.82) is 0 Å². The molecule has 1 heterocycles. The fraction of sp³-hybridized carbons (Fsp3) is 0.273. The van der Waals surface area contributed by atoms with Crippen molar-refractivity contribution in [3.63, 3.8) is 0 Å². The molecule has 0 aliphatic carbocycles. The highest BCUT2D eigenvalue weighted by Gasteiger charge is 2.35. The van der Waals surface area contributed by atoms with Crippen molar-refractivity contribution in [2.75, 3.05) is 0 Å². The van der Waals surface area contributed by atoms with Gasteiger partial charge in [-0.2, -0.15) is 0 Å². The standard InChI is InChI=1S/C11H10O4/c1-11(2,14)7-5-3-4-6-8(7)10(13)15-9(6)12/h3-5,14H,1-2H3. The number of ether oxygens (including phenoxy) is 1. The Morgan fingerprint density at radius 3 is 2.47 bits per heavy atom. The van der Waals surface area contributed by atoms with Crippen LogP contribution in [0.4, 0.5) is 0 Å². The van der Waals surface area contributed by atoms with Crippen molar-refractivity contribution >= 4 is 11.9 Å². The Kier molecular flexibility index (Phi) is 1.91. The number of esters is 2. The summed E-state index contributed by atoms with van der Waals surface area (Å²) in [5.74, 6) is -1.34. The lowest BCUT2D eigenvalue weighted by molar-refractivity contribution is 0.0431. The van der Waals surface area contributed by atoms with Gasteiger partial charge in [0.15, 0.2) is 0 Å². The quantitative estimate of drug-likeness (QED) is 0.554. The zero-order valence-corrected chi connectivity index (χ0v) is 8.40. The summed E-state index contributed by atoms with van der Waals surface area (Å²) in [5, 5.41) is 9.84. The highest BCUT2D eigenvalue weighted by Crippen LogP contribution is 2.30. The van der Waals surface area contributed by atoms with Crippen LogP contribution < -0.4 is 0 Å². The van der Waals surface area contributed by atoms with Gasteiger partial charge < -0.3 is 9.84 Å². The average molecular weight is 206 g/mol. The number of fused-ring (bicyclic) bond motifs is 1. The number of cyclic esters (lactones) is 2. The summed E-state index contributed by atoms with van der Waals surface area (Å²) in [6, 6.07) is 4.74. The number of benzene rings is 1. The number of hydrogen-bond acceptors (Lipinski definition) is 4. The fourth-order valence-electron chi connectivity index (χ4n) is 1.64. The molecule has 0 amide bonds. The smallest absolute Gasteiger partial charge is 0.347 e. The normalized spacial score (nSPS) is 15.1. The van der Waals surface area contributed by atoms with Crippen LogP contribution in [0.2, 0.25) is 0 Å². The van der Waals surface area contributed by atoms with E-state index in [0.717, 1.165) is 0 Å². The third-order valence-electron chi connectivity index (χ3n) is 2.33. The predicted octanol–water partition coefficient (Wildman–Crippen LogP) is 1.22. The Morgan fingerprint density at radius 1 is 1.20 bits per heavy atom. The molecule has 0 spiro atoms. The average Bonchev–Trinajstić information content (AvgIpc) is 2.41. The van der Waals surface area contributed by atoms with E-state index in [1.165, 1.54) is 6.07 Å². The second kappa shape index (κ2) is 2.90. The maximum Gasteiger partial charge on any atom is 0.347 e. The first-order valence-electron chi connectivity index (χ1n) is 4.53. The van der Waals surface area contributed by atoms with Crippen LogP contribution in [0, 0.1) is 0 Å². The molecule has 4 nitrogen and oxygen atoms in total. The molecule has 1 N–H and O–H groups in total. The van der Waals surface area contributed by atoms with Gasteiger partial charge in [-0.25, -0.2) is 9.59 Å². The van der Waals surface area contributed by atoms with Crippen molar-refractivity contribution in [3.8, 4) is 0 Å². The molecule has 1 aliphatic rings. The molecule has 1 aromatic rings. The van der Waals surface area contributed by atoms with E-state index in [2.05, 4.69) is 4.74 Å². The van der Waals surface area contributed by atoms with Crippen LogP contribution in [-0.2, 0) is 10.3 Å². The molecule has 0 atom stereocenters. The van der Waals surface area contributed by atoms with E-state index in [4.69, 9.17) is 0 Å². The predicted molar refractivity (Wildman–Crippen MR) is 51.4 cm³/mol. The van der Waals surface area contributed by atoms with Crippen molar-refractivity contribution in [1.82, 2.24) is 0 Å². The molecule has 4 heteroatoms. The van der Waals surface area contributed by atoms with Crippen LogP contribution in [0.3, 0.4) is 0 Å². The number of carbonyl (C=O) groups excluding carboxylic acids is 2. The first-order valence-corrected chi connectivity index (χ1v) is 4.53. The Hall–Kier alpha value is -1.68. The van der Waals surface area contributed by atoms with Crippen LogP contribution in [-0.4, -0.2) is 17.0 Å². The number of carbonyl (C=O) groups is 2. The summed E-state index contributed by atoms with van der Waals surface area (Å²) in [6.45, 7) is 3.11. The molecular formula is C11H10O4. The lowest BCUT2D eigenvalue weighted by Crippen LogP contribution is -2.19. The Labute approximate surface area is 86.5 Å². The van der Waals surface area contributed by atoms with Crippen molar-refractivity contribution < 1.29 is 19.4 Å². The molecule has 0 unspecified atom stereocenters. The Morgan fingerprint density at radius 2 is 1.87 bits per heavy atom. The minimum Gasteiger partial charge on any atom is -0.386 e. The van der Waals surface area contributed by atoms with Gasteiger partial charge in [0.25, 0.3) is 0 Å². The van der Waals surface area contributed by atoms with Gasteiger partial charge in [0.2, 0.25) is 0 Å². The van der Waals surface area contributed by atoms with Gasteiger partial charge in [0.05, 0.1) is 16.7 Å². The molecule has 0 bridgehead atoms. The van der Waals surface area contributed by atoms with Crippen molar-refractivity contribution in [2.24, 2.45) is 0 Å². The second-order valence-corrected chi connectivity index (χ2v) is 3.96. The molecule has 15 heavy (non-hydrogen) atoms. The molecule has 2 rings (SSSR count). The first-order chi connectivity index (χ1) is 6.91. The highest BCUT2D eigenvalue weighted by atomic mass is 16.6. The highest BCUT2D eigenvalue weighted by molar-refractivity contribution is 6.15. The van der Waals surface area contributed by atoms with Crippen LogP contribution >= 0.6 is 0 Å². The van der Waals surface area contributed by atoms with Gasteiger partial charge in [0, 0.05) is 0 Å². The topological polar surface area (TPSA) is 63.6 Å². The van der Waals surface area contributed by atoms with Gasteiger partial charge in [-0.15, -0.1) is 0 Å². The summed E-state index contributed by atoms with van der Waals surface area (Å²) < 4.78 is 4.48. The van der Waals surface area contributed by atoms with E-state index in [9.17, 15) is 14.7 Å². The summed E-state index contributed by atoms with van der Waals surface area (Å²) in [4.78, 5) is 22.6. The number of aliphatic hydroxyl groups is 1. The molecule has 0 saturated heterocycles. The van der Waals surface area contributed by atoms with Gasteiger partial charge in [0.1, 0.15) is 0 Å². The Bertz CT molecular complexity index is 454. The molecule has 78 valence electrons. The van der Waals surface area contributed by atoms with Gasteiger partial charge in [-0.05, 0) is 25.5 Å². The van der Waals surface area contributed by atoms with Gasteiger partial charge >= 0.3 is 11.9 Å². The first kappa shape index (κ1) is 9.86. The van der Waals surface area contributed by atoms with Gasteiger partial charge in [-0.1, -0.05) is 12.1 Å². The number of hydrogen-bond donors (Lipinski definition) is 1. The van der Waals surface area contributed by atoms with E-state index >= 15 is 0 Å². The third kappa shape index (κ3) is 1.43. The Balaban J connectivity index is 2.71. The minimum absolute atomic E-state index is 0.176. The van der Waals surface area contributed by atoms with E-state index in [1.807, 2.05) is 0 Å². The maximum absolute atomic E-state index is 11.4. The lowest BCUT2D eigenvalue weighted by Gasteiger charge is -2.19. The van der Waals surface area contributed by atoms with E-state index < -0.39 is 17.5 Å². The van der Waals surface area contributed by atoms with Crippen LogP contribution in [0.5, 0.6) is 0 Å². The zero-order valence-electron chi connectivity index (χ0n) is 8.40. The van der Waals surface area contributed by atoms with Crippen LogP contribution in [0.1, 0.15) is 40.1 Å². The maximum atomic E-state index is 11.4. The third-order valence-corrected chi connectivity index (χ3v) is 2.33. The van der Waals surface area contributed by atoms with E-state index in [0.29, 0.717) is 5.56 Å². The summed E-state index contributed by atoms with van der Waals surface area (Å²) in [7, 11) is 0. The molecule has 0 fully saturated rings. The largest absolute Gasteiger partial charge is 0.386 e.